The van der Waals surface area contributed by atoms with Gasteiger partial charge in [-0.05, 0) is 38.7 Å². The van der Waals surface area contributed by atoms with Crippen molar-refractivity contribution in [2.24, 2.45) is 0 Å². The second-order valence-electron chi connectivity index (χ2n) is 5.01. The summed E-state index contributed by atoms with van der Waals surface area (Å²) >= 11 is 6.00. The monoisotopic (exact) mass is 313 g/mol. The maximum Gasteiger partial charge on any atom is 0.323 e. The van der Waals surface area contributed by atoms with Crippen LogP contribution in [0.4, 0.5) is 10.5 Å². The summed E-state index contributed by atoms with van der Waals surface area (Å²) in [5.74, 6) is -1.05. The molecule has 0 saturated heterocycles. The number of rotatable bonds is 6. The zero-order valence-corrected chi connectivity index (χ0v) is 13.1. The van der Waals surface area contributed by atoms with E-state index in [1.165, 1.54) is 4.90 Å². The molecule has 0 saturated carbocycles. The molecule has 0 heterocycles. The van der Waals surface area contributed by atoms with Gasteiger partial charge < -0.3 is 20.2 Å². The summed E-state index contributed by atoms with van der Waals surface area (Å²) in [7, 11) is 3.72. The fourth-order valence-electron chi connectivity index (χ4n) is 1.61. The lowest BCUT2D eigenvalue weighted by Gasteiger charge is -2.23. The Morgan fingerprint density at radius 1 is 1.29 bits per heavy atom. The number of carboxylic acid groups (broad SMARTS) is 1. The number of benzene rings is 1. The maximum absolute atomic E-state index is 12.1. The average Bonchev–Trinajstić information content (AvgIpc) is 2.38. The number of carbonyl (C=O) groups excluding carboxylic acids is 1. The lowest BCUT2D eigenvalue weighted by atomic mass is 10.2. The number of carboxylic acids is 1. The number of amides is 2. The van der Waals surface area contributed by atoms with Gasteiger partial charge in [0.2, 0.25) is 0 Å². The highest BCUT2D eigenvalue weighted by molar-refractivity contribution is 6.31. The smallest absolute Gasteiger partial charge is 0.323 e. The molecule has 116 valence electrons. The summed E-state index contributed by atoms with van der Waals surface area (Å²) in [6.07, 6.45) is 0. The number of halogens is 1. The highest BCUT2D eigenvalue weighted by Gasteiger charge is 2.17. The number of urea groups is 1. The Morgan fingerprint density at radius 2 is 1.95 bits per heavy atom. The molecule has 21 heavy (non-hydrogen) atoms. The van der Waals surface area contributed by atoms with Crippen LogP contribution >= 0.6 is 11.6 Å². The summed E-state index contributed by atoms with van der Waals surface area (Å²) in [6, 6.07) is 4.70. The summed E-state index contributed by atoms with van der Waals surface area (Å²) in [4.78, 5) is 26.1. The minimum absolute atomic E-state index is 0.324. The Bertz CT molecular complexity index is 520. The second-order valence-corrected chi connectivity index (χ2v) is 5.42. The van der Waals surface area contributed by atoms with Gasteiger partial charge in [0.15, 0.2) is 0 Å². The molecule has 2 amide bonds. The van der Waals surface area contributed by atoms with Crippen LogP contribution < -0.4 is 5.32 Å². The number of hydrogen-bond donors (Lipinski definition) is 2. The Hall–Kier alpha value is -1.79. The largest absolute Gasteiger partial charge is 0.480 e. The number of likely N-dealkylation sites (N-methyl/N-ethyl adjacent to an activating group) is 1. The van der Waals surface area contributed by atoms with E-state index >= 15 is 0 Å². The van der Waals surface area contributed by atoms with Crippen molar-refractivity contribution in [3.05, 3.63) is 28.8 Å². The number of carbonyl (C=O) groups is 2. The van der Waals surface area contributed by atoms with Gasteiger partial charge in [-0.2, -0.15) is 0 Å². The van der Waals surface area contributed by atoms with Gasteiger partial charge in [0.1, 0.15) is 6.54 Å². The van der Waals surface area contributed by atoms with Gasteiger partial charge in [-0.25, -0.2) is 4.79 Å². The predicted molar refractivity (Wildman–Crippen MR) is 83.0 cm³/mol. The highest BCUT2D eigenvalue weighted by Crippen LogP contribution is 2.20. The minimum atomic E-state index is -1.05. The van der Waals surface area contributed by atoms with Crippen molar-refractivity contribution < 1.29 is 14.7 Å². The van der Waals surface area contributed by atoms with E-state index in [4.69, 9.17) is 16.7 Å². The van der Waals surface area contributed by atoms with Gasteiger partial charge >= 0.3 is 12.0 Å². The van der Waals surface area contributed by atoms with Crippen LogP contribution in [0.1, 0.15) is 5.56 Å². The van der Waals surface area contributed by atoms with Crippen LogP contribution in [0.15, 0.2) is 18.2 Å². The topological polar surface area (TPSA) is 72.9 Å². The van der Waals surface area contributed by atoms with Crippen LogP contribution in [-0.2, 0) is 4.79 Å². The van der Waals surface area contributed by atoms with Crippen LogP contribution in [-0.4, -0.2) is 60.6 Å². The fraction of sp³-hybridized carbons (Fsp3) is 0.429. The number of aryl methyl sites for hydroxylation is 1. The molecule has 6 nitrogen and oxygen atoms in total. The van der Waals surface area contributed by atoms with E-state index in [0.29, 0.717) is 23.8 Å². The first kappa shape index (κ1) is 17.3. The maximum atomic E-state index is 12.1. The molecule has 0 radical (unpaired) electrons. The number of nitrogens with zero attached hydrogens (tertiary/aromatic N) is 2. The summed E-state index contributed by atoms with van der Waals surface area (Å²) < 4.78 is 0. The Labute approximate surface area is 129 Å². The normalized spacial score (nSPS) is 10.5. The van der Waals surface area contributed by atoms with Crippen LogP contribution in [0.25, 0.3) is 0 Å². The van der Waals surface area contributed by atoms with Crippen LogP contribution in [0, 0.1) is 6.92 Å². The highest BCUT2D eigenvalue weighted by atomic mass is 35.5. The minimum Gasteiger partial charge on any atom is -0.480 e. The molecule has 2 N–H and O–H groups in total. The lowest BCUT2D eigenvalue weighted by molar-refractivity contribution is -0.137. The molecule has 0 fully saturated rings. The fourth-order valence-corrected chi connectivity index (χ4v) is 1.79. The van der Waals surface area contributed by atoms with Crippen molar-refractivity contribution >= 4 is 29.3 Å². The van der Waals surface area contributed by atoms with Gasteiger partial charge in [-0.15, -0.1) is 0 Å². The van der Waals surface area contributed by atoms with E-state index in [0.717, 1.165) is 5.56 Å². The Kier molecular flexibility index (Phi) is 6.45. The van der Waals surface area contributed by atoms with Crippen molar-refractivity contribution in [1.82, 2.24) is 9.80 Å². The molecular formula is C14H20ClN3O3. The third-order valence-electron chi connectivity index (χ3n) is 2.85. The van der Waals surface area contributed by atoms with Crippen molar-refractivity contribution in [2.75, 3.05) is 39.0 Å². The molecule has 0 spiro atoms. The van der Waals surface area contributed by atoms with Crippen LogP contribution in [0.5, 0.6) is 0 Å². The summed E-state index contributed by atoms with van der Waals surface area (Å²) in [6.45, 7) is 2.42. The van der Waals surface area contributed by atoms with Crippen LogP contribution in [0.2, 0.25) is 5.02 Å². The third kappa shape index (κ3) is 6.01. The van der Waals surface area contributed by atoms with Crippen LogP contribution in [0.3, 0.4) is 0 Å². The molecule has 0 unspecified atom stereocenters. The first-order chi connectivity index (χ1) is 9.79. The molecule has 1 rings (SSSR count). The van der Waals surface area contributed by atoms with Crippen molar-refractivity contribution in [3.8, 4) is 0 Å². The van der Waals surface area contributed by atoms with E-state index < -0.39 is 12.0 Å². The van der Waals surface area contributed by atoms with Gasteiger partial charge in [-0.3, -0.25) is 4.79 Å². The Balaban J connectivity index is 2.74. The number of nitrogens with one attached hydrogen (secondary N) is 1. The number of hydrogen-bond acceptors (Lipinski definition) is 3. The van der Waals surface area contributed by atoms with Gasteiger partial charge in [-0.1, -0.05) is 17.7 Å². The molecule has 0 atom stereocenters. The van der Waals surface area contributed by atoms with Gasteiger partial charge in [0.25, 0.3) is 0 Å². The van der Waals surface area contributed by atoms with E-state index in [1.807, 2.05) is 25.9 Å². The molecular weight excluding hydrogens is 294 g/mol. The second kappa shape index (κ2) is 7.85. The SMILES string of the molecule is Cc1ccc(NC(=O)N(CCN(C)C)CC(=O)O)cc1Cl. The molecule has 0 aliphatic heterocycles. The van der Waals surface area contributed by atoms with E-state index in [1.54, 1.807) is 18.2 Å². The van der Waals surface area contributed by atoms with E-state index in [2.05, 4.69) is 5.32 Å². The average molecular weight is 314 g/mol. The molecule has 0 aliphatic rings. The standard InChI is InChI=1S/C14H20ClN3O3/c1-10-4-5-11(8-12(10)15)16-14(21)18(9-13(19)20)7-6-17(2)3/h4-5,8H,6-7,9H2,1-3H3,(H,16,21)(H,19,20). The molecule has 1 aromatic carbocycles. The summed E-state index contributed by atoms with van der Waals surface area (Å²) in [5, 5.41) is 12.1. The zero-order chi connectivity index (χ0) is 16.0. The predicted octanol–water partition coefficient (Wildman–Crippen LogP) is 2.13. The Morgan fingerprint density at radius 3 is 2.48 bits per heavy atom. The number of aliphatic carboxylic acids is 1. The summed E-state index contributed by atoms with van der Waals surface area (Å²) in [5.41, 5.74) is 1.44. The first-order valence-electron chi connectivity index (χ1n) is 6.48. The zero-order valence-electron chi connectivity index (χ0n) is 12.4. The van der Waals surface area contributed by atoms with Crippen molar-refractivity contribution in [1.29, 1.82) is 0 Å². The molecule has 1 aromatic rings. The molecule has 0 aromatic heterocycles. The third-order valence-corrected chi connectivity index (χ3v) is 3.26. The number of anilines is 1. The van der Waals surface area contributed by atoms with E-state index in [9.17, 15) is 9.59 Å². The van der Waals surface area contributed by atoms with Gasteiger partial charge in [0, 0.05) is 23.8 Å². The first-order valence-corrected chi connectivity index (χ1v) is 6.86. The molecule has 0 bridgehead atoms. The molecule has 7 heteroatoms. The van der Waals surface area contributed by atoms with Crippen molar-refractivity contribution in [3.63, 3.8) is 0 Å². The van der Waals surface area contributed by atoms with E-state index in [-0.39, 0.29) is 6.54 Å². The molecule has 0 aliphatic carbocycles. The quantitative estimate of drug-likeness (QED) is 0.844. The van der Waals surface area contributed by atoms with Crippen molar-refractivity contribution in [2.45, 2.75) is 6.92 Å². The van der Waals surface area contributed by atoms with Gasteiger partial charge in [0.05, 0.1) is 0 Å². The lowest BCUT2D eigenvalue weighted by Crippen LogP contribution is -2.42.